The number of benzene rings is 1. The number of rotatable bonds is 5. The van der Waals surface area contributed by atoms with Crippen LogP contribution in [0.25, 0.3) is 0 Å². The lowest BCUT2D eigenvalue weighted by molar-refractivity contribution is 0.414. The first-order valence-corrected chi connectivity index (χ1v) is 6.53. The summed E-state index contributed by atoms with van der Waals surface area (Å²) in [6, 6.07) is 3.68. The van der Waals surface area contributed by atoms with Crippen molar-refractivity contribution in [2.45, 2.75) is 0 Å². The molecule has 0 atom stereocenters. The van der Waals surface area contributed by atoms with E-state index in [4.69, 9.17) is 10.5 Å². The fourth-order valence-electron chi connectivity index (χ4n) is 1.34. The molecule has 0 aliphatic rings. The minimum Gasteiger partial charge on any atom is -0.495 e. The monoisotopic (exact) mass is 262 g/mol. The zero-order valence-electron chi connectivity index (χ0n) is 9.68. The van der Waals surface area contributed by atoms with Gasteiger partial charge in [0.05, 0.1) is 18.6 Å². The van der Waals surface area contributed by atoms with E-state index in [1.165, 1.54) is 26.3 Å². The van der Waals surface area contributed by atoms with E-state index in [-0.39, 0.29) is 23.7 Å². The Morgan fingerprint density at radius 1 is 1.47 bits per heavy atom. The van der Waals surface area contributed by atoms with Gasteiger partial charge in [-0.05, 0) is 12.1 Å². The smallest absolute Gasteiger partial charge is 0.236 e. The molecule has 0 aliphatic carbocycles. The summed E-state index contributed by atoms with van der Waals surface area (Å²) in [5, 5.41) is 0. The molecule has 1 rings (SSSR count). The number of ether oxygens (including phenoxy) is 1. The zero-order chi connectivity index (χ0) is 13.1. The lowest BCUT2D eigenvalue weighted by Gasteiger charge is -2.21. The maximum absolute atomic E-state index is 13.1. The zero-order valence-corrected chi connectivity index (χ0v) is 10.5. The summed E-state index contributed by atoms with van der Waals surface area (Å²) >= 11 is 0. The minimum atomic E-state index is -3.55. The Labute approximate surface area is 100 Å². The number of nitrogens with zero attached hydrogens (tertiary/aromatic N) is 1. The fraction of sp³-hybridized carbons (Fsp3) is 0.400. The van der Waals surface area contributed by atoms with Crippen LogP contribution in [0.1, 0.15) is 0 Å². The normalized spacial score (nSPS) is 11.3. The third kappa shape index (κ3) is 3.07. The first-order valence-electron chi connectivity index (χ1n) is 4.92. The van der Waals surface area contributed by atoms with Crippen LogP contribution in [0, 0.1) is 5.82 Å². The number of halogens is 1. The van der Waals surface area contributed by atoms with E-state index in [1.54, 1.807) is 0 Å². The van der Waals surface area contributed by atoms with Crippen molar-refractivity contribution in [3.05, 3.63) is 24.0 Å². The number of hydrogen-bond donors (Lipinski definition) is 1. The van der Waals surface area contributed by atoms with Gasteiger partial charge in [-0.15, -0.1) is 0 Å². The molecule has 0 aromatic heterocycles. The Kier molecular flexibility index (Phi) is 4.30. The van der Waals surface area contributed by atoms with Gasteiger partial charge in [0.15, 0.2) is 0 Å². The molecule has 96 valence electrons. The van der Waals surface area contributed by atoms with Gasteiger partial charge in [0.25, 0.3) is 0 Å². The number of sulfonamides is 1. The molecule has 1 aromatic carbocycles. The lowest BCUT2D eigenvalue weighted by atomic mass is 10.3. The van der Waals surface area contributed by atoms with Crippen LogP contribution < -0.4 is 14.8 Å². The van der Waals surface area contributed by atoms with E-state index in [9.17, 15) is 12.8 Å². The number of nitrogens with two attached hydrogens (primary N) is 1. The van der Waals surface area contributed by atoms with Crippen LogP contribution in [0.15, 0.2) is 18.2 Å². The van der Waals surface area contributed by atoms with E-state index < -0.39 is 15.8 Å². The molecule has 17 heavy (non-hydrogen) atoms. The van der Waals surface area contributed by atoms with Crippen LogP contribution in [-0.4, -0.2) is 34.9 Å². The molecular weight excluding hydrogens is 247 g/mol. The molecule has 0 saturated carbocycles. The van der Waals surface area contributed by atoms with Crippen molar-refractivity contribution in [3.63, 3.8) is 0 Å². The van der Waals surface area contributed by atoms with Gasteiger partial charge in [0.1, 0.15) is 11.6 Å². The Bertz CT molecular complexity index is 490. The van der Waals surface area contributed by atoms with Gasteiger partial charge in [0, 0.05) is 19.7 Å². The van der Waals surface area contributed by atoms with Crippen molar-refractivity contribution in [1.29, 1.82) is 0 Å². The second kappa shape index (κ2) is 5.33. The minimum absolute atomic E-state index is 0.00427. The summed E-state index contributed by atoms with van der Waals surface area (Å²) in [7, 11) is -0.826. The van der Waals surface area contributed by atoms with Crippen molar-refractivity contribution in [3.8, 4) is 5.75 Å². The van der Waals surface area contributed by atoms with Crippen LogP contribution in [0.4, 0.5) is 10.1 Å². The maximum atomic E-state index is 13.1. The molecule has 0 bridgehead atoms. The van der Waals surface area contributed by atoms with Crippen LogP contribution in [0.5, 0.6) is 5.75 Å². The van der Waals surface area contributed by atoms with Gasteiger partial charge in [0.2, 0.25) is 10.0 Å². The summed E-state index contributed by atoms with van der Waals surface area (Å²) in [6.07, 6.45) is 0. The fourth-order valence-corrected chi connectivity index (χ4v) is 2.36. The van der Waals surface area contributed by atoms with Gasteiger partial charge in [-0.1, -0.05) is 0 Å². The number of anilines is 1. The molecule has 0 radical (unpaired) electrons. The Morgan fingerprint density at radius 3 is 2.65 bits per heavy atom. The van der Waals surface area contributed by atoms with Gasteiger partial charge < -0.3 is 10.5 Å². The van der Waals surface area contributed by atoms with Gasteiger partial charge in [-0.25, -0.2) is 12.8 Å². The molecule has 0 amide bonds. The molecule has 7 heteroatoms. The Morgan fingerprint density at radius 2 is 2.12 bits per heavy atom. The highest BCUT2D eigenvalue weighted by molar-refractivity contribution is 7.92. The topological polar surface area (TPSA) is 72.6 Å². The van der Waals surface area contributed by atoms with Gasteiger partial charge >= 0.3 is 0 Å². The van der Waals surface area contributed by atoms with Crippen LogP contribution in [0.3, 0.4) is 0 Å². The third-order valence-electron chi connectivity index (χ3n) is 2.27. The first kappa shape index (κ1) is 13.7. The maximum Gasteiger partial charge on any atom is 0.236 e. The van der Waals surface area contributed by atoms with E-state index in [0.717, 1.165) is 10.4 Å². The predicted molar refractivity (Wildman–Crippen MR) is 64.2 cm³/mol. The summed E-state index contributed by atoms with van der Waals surface area (Å²) < 4.78 is 42.6. The van der Waals surface area contributed by atoms with Crippen molar-refractivity contribution >= 4 is 15.7 Å². The lowest BCUT2D eigenvalue weighted by Crippen LogP contribution is -2.32. The van der Waals surface area contributed by atoms with Crippen molar-refractivity contribution in [2.24, 2.45) is 5.73 Å². The Hall–Kier alpha value is -1.34. The number of methoxy groups -OCH3 is 1. The first-order chi connectivity index (χ1) is 7.92. The average molecular weight is 262 g/mol. The van der Waals surface area contributed by atoms with E-state index in [1.807, 2.05) is 0 Å². The quantitative estimate of drug-likeness (QED) is 0.841. The summed E-state index contributed by atoms with van der Waals surface area (Å²) in [6.45, 7) is 0.00427. The number of hydrogen-bond acceptors (Lipinski definition) is 4. The van der Waals surface area contributed by atoms with Crippen molar-refractivity contribution in [2.75, 3.05) is 30.8 Å². The largest absolute Gasteiger partial charge is 0.495 e. The van der Waals surface area contributed by atoms with Gasteiger partial charge in [-0.3, -0.25) is 4.31 Å². The van der Waals surface area contributed by atoms with Crippen LogP contribution in [0.2, 0.25) is 0 Å². The van der Waals surface area contributed by atoms with Crippen molar-refractivity contribution in [1.82, 2.24) is 0 Å². The Balaban J connectivity index is 3.19. The summed E-state index contributed by atoms with van der Waals surface area (Å²) in [5.74, 6) is -0.450. The van der Waals surface area contributed by atoms with Crippen LogP contribution >= 0.6 is 0 Å². The molecule has 0 saturated heterocycles. The molecule has 1 aromatic rings. The highest BCUT2D eigenvalue weighted by Crippen LogP contribution is 2.29. The van der Waals surface area contributed by atoms with Gasteiger partial charge in [-0.2, -0.15) is 0 Å². The summed E-state index contributed by atoms with van der Waals surface area (Å²) in [4.78, 5) is 0. The molecule has 0 fully saturated rings. The molecule has 0 aliphatic heterocycles. The molecular formula is C10H15FN2O3S. The predicted octanol–water partition coefficient (Wildman–Crippen LogP) is 0.559. The van der Waals surface area contributed by atoms with E-state index in [2.05, 4.69) is 0 Å². The molecule has 2 N–H and O–H groups in total. The highest BCUT2D eigenvalue weighted by Gasteiger charge is 2.21. The van der Waals surface area contributed by atoms with E-state index in [0.29, 0.717) is 0 Å². The molecule has 0 unspecified atom stereocenters. The van der Waals surface area contributed by atoms with E-state index >= 15 is 0 Å². The van der Waals surface area contributed by atoms with Crippen LogP contribution in [-0.2, 0) is 10.0 Å². The summed E-state index contributed by atoms with van der Waals surface area (Å²) in [5.41, 5.74) is 5.37. The molecule has 5 nitrogen and oxygen atoms in total. The molecule has 0 spiro atoms. The van der Waals surface area contributed by atoms with Crippen molar-refractivity contribution < 1.29 is 17.5 Å². The second-order valence-electron chi connectivity index (χ2n) is 3.39. The third-order valence-corrected chi connectivity index (χ3v) is 4.06. The molecule has 0 heterocycles. The average Bonchev–Trinajstić information content (AvgIpc) is 2.28. The second-order valence-corrected chi connectivity index (χ2v) is 5.51. The highest BCUT2D eigenvalue weighted by atomic mass is 32.2. The SMILES string of the molecule is COc1ccc(F)cc1N(C)S(=O)(=O)CCN. The standard InChI is InChI=1S/C10H15FN2O3S/c1-13(17(14,15)6-5-12)9-7-8(11)3-4-10(9)16-2/h3-4,7H,5-6,12H2,1-2H3.